The molecule has 2 aromatic rings. The SMILES string of the molecule is Cc1cnc(-c2nccc(=O)[nH]2)s1. The standard InChI is InChI=1S/C8H7N3OS/c1-5-4-10-8(13-5)7-9-3-2-6(12)11-7/h2-4H,1H3,(H,9,11,12). The lowest BCUT2D eigenvalue weighted by Gasteiger charge is -1.91. The van der Waals surface area contributed by atoms with Crippen molar-refractivity contribution >= 4 is 11.3 Å². The normalized spacial score (nSPS) is 10.2. The molecule has 0 aliphatic rings. The average Bonchev–Trinajstić information content (AvgIpc) is 2.52. The molecule has 0 aliphatic heterocycles. The smallest absolute Gasteiger partial charge is 0.251 e. The van der Waals surface area contributed by atoms with Gasteiger partial charge in [-0.25, -0.2) is 9.97 Å². The van der Waals surface area contributed by atoms with Crippen LogP contribution < -0.4 is 5.56 Å². The van der Waals surface area contributed by atoms with Gasteiger partial charge in [-0.1, -0.05) is 0 Å². The third-order valence-corrected chi connectivity index (χ3v) is 2.41. The summed E-state index contributed by atoms with van der Waals surface area (Å²) in [5.74, 6) is 0.533. The molecule has 0 aromatic carbocycles. The van der Waals surface area contributed by atoms with Gasteiger partial charge in [0.15, 0.2) is 10.8 Å². The Morgan fingerprint density at radius 2 is 2.31 bits per heavy atom. The molecular weight excluding hydrogens is 186 g/mol. The van der Waals surface area contributed by atoms with Crippen molar-refractivity contribution in [3.63, 3.8) is 0 Å². The van der Waals surface area contributed by atoms with Crippen LogP contribution in [-0.4, -0.2) is 15.0 Å². The number of aromatic amines is 1. The first-order chi connectivity index (χ1) is 6.25. The van der Waals surface area contributed by atoms with E-state index < -0.39 is 0 Å². The van der Waals surface area contributed by atoms with Crippen LogP contribution in [0.5, 0.6) is 0 Å². The zero-order valence-corrected chi connectivity index (χ0v) is 7.76. The molecule has 0 fully saturated rings. The summed E-state index contributed by atoms with van der Waals surface area (Å²) in [6.45, 7) is 1.96. The molecule has 13 heavy (non-hydrogen) atoms. The Morgan fingerprint density at radius 1 is 1.46 bits per heavy atom. The van der Waals surface area contributed by atoms with Gasteiger partial charge in [-0.05, 0) is 6.92 Å². The summed E-state index contributed by atoms with van der Waals surface area (Å²) in [6, 6.07) is 1.38. The Balaban J connectivity index is 2.52. The van der Waals surface area contributed by atoms with Crippen LogP contribution in [0, 0.1) is 6.92 Å². The quantitative estimate of drug-likeness (QED) is 0.740. The van der Waals surface area contributed by atoms with E-state index in [1.165, 1.54) is 23.6 Å². The molecule has 2 heterocycles. The lowest BCUT2D eigenvalue weighted by atomic mass is 10.5. The molecule has 0 radical (unpaired) electrons. The van der Waals surface area contributed by atoms with Crippen LogP contribution in [0.1, 0.15) is 4.88 Å². The predicted octanol–water partition coefficient (Wildman–Crippen LogP) is 1.20. The fourth-order valence-corrected chi connectivity index (χ4v) is 1.66. The van der Waals surface area contributed by atoms with Gasteiger partial charge in [0.25, 0.3) is 5.56 Å². The molecule has 0 bridgehead atoms. The maximum absolute atomic E-state index is 11.0. The first-order valence-electron chi connectivity index (χ1n) is 3.74. The van der Waals surface area contributed by atoms with Crippen molar-refractivity contribution in [3.8, 4) is 10.8 Å². The second-order valence-corrected chi connectivity index (χ2v) is 3.79. The van der Waals surface area contributed by atoms with Gasteiger partial charge in [-0.15, -0.1) is 11.3 Å². The Labute approximate surface area is 78.3 Å². The van der Waals surface area contributed by atoms with Crippen molar-refractivity contribution in [1.29, 1.82) is 0 Å². The van der Waals surface area contributed by atoms with Gasteiger partial charge in [0.05, 0.1) is 0 Å². The van der Waals surface area contributed by atoms with Crippen molar-refractivity contribution < 1.29 is 0 Å². The van der Waals surface area contributed by atoms with Crippen LogP contribution in [0.25, 0.3) is 10.8 Å². The number of nitrogens with one attached hydrogen (secondary N) is 1. The highest BCUT2D eigenvalue weighted by Crippen LogP contribution is 2.19. The van der Waals surface area contributed by atoms with E-state index >= 15 is 0 Å². The predicted molar refractivity (Wildman–Crippen MR) is 50.7 cm³/mol. The molecule has 66 valence electrons. The lowest BCUT2D eigenvalue weighted by molar-refractivity contribution is 1.12. The van der Waals surface area contributed by atoms with Crippen molar-refractivity contribution in [3.05, 3.63) is 33.7 Å². The van der Waals surface area contributed by atoms with Crippen LogP contribution in [0.4, 0.5) is 0 Å². The van der Waals surface area contributed by atoms with Gasteiger partial charge in [0.1, 0.15) is 0 Å². The zero-order chi connectivity index (χ0) is 9.26. The van der Waals surface area contributed by atoms with E-state index in [0.717, 1.165) is 9.88 Å². The van der Waals surface area contributed by atoms with Gasteiger partial charge in [-0.2, -0.15) is 0 Å². The Morgan fingerprint density at radius 3 is 2.92 bits per heavy atom. The van der Waals surface area contributed by atoms with Crippen molar-refractivity contribution in [2.45, 2.75) is 6.92 Å². The number of hydrogen-bond acceptors (Lipinski definition) is 4. The number of thiazole rings is 1. The highest BCUT2D eigenvalue weighted by molar-refractivity contribution is 7.14. The summed E-state index contributed by atoms with van der Waals surface area (Å²) in [5, 5.41) is 0.746. The van der Waals surface area contributed by atoms with Crippen LogP contribution in [0.2, 0.25) is 0 Å². The van der Waals surface area contributed by atoms with E-state index in [0.29, 0.717) is 5.82 Å². The summed E-state index contributed by atoms with van der Waals surface area (Å²) in [4.78, 5) is 22.8. The monoisotopic (exact) mass is 193 g/mol. The Hall–Kier alpha value is -1.49. The molecule has 0 amide bonds. The topological polar surface area (TPSA) is 58.6 Å². The molecule has 2 aromatic heterocycles. The number of rotatable bonds is 1. The number of hydrogen-bond donors (Lipinski definition) is 1. The van der Waals surface area contributed by atoms with Crippen LogP contribution in [0.3, 0.4) is 0 Å². The minimum atomic E-state index is -0.155. The Bertz CT molecular complexity index is 474. The number of aromatic nitrogens is 3. The average molecular weight is 193 g/mol. The number of nitrogens with zero attached hydrogens (tertiary/aromatic N) is 2. The third-order valence-electron chi connectivity index (χ3n) is 1.49. The molecule has 0 saturated heterocycles. The summed E-state index contributed by atoms with van der Waals surface area (Å²) in [7, 11) is 0. The molecule has 0 atom stereocenters. The molecular formula is C8H7N3OS. The number of H-pyrrole nitrogens is 1. The van der Waals surface area contributed by atoms with Gasteiger partial charge >= 0.3 is 0 Å². The van der Waals surface area contributed by atoms with Crippen molar-refractivity contribution in [2.24, 2.45) is 0 Å². The molecule has 1 N–H and O–H groups in total. The Kier molecular flexibility index (Phi) is 1.94. The third kappa shape index (κ3) is 1.65. The van der Waals surface area contributed by atoms with Crippen molar-refractivity contribution in [1.82, 2.24) is 15.0 Å². The highest BCUT2D eigenvalue weighted by Gasteiger charge is 2.03. The molecule has 0 saturated carbocycles. The summed E-state index contributed by atoms with van der Waals surface area (Å²) in [6.07, 6.45) is 3.23. The molecule has 5 heteroatoms. The zero-order valence-electron chi connectivity index (χ0n) is 6.94. The maximum Gasteiger partial charge on any atom is 0.251 e. The first kappa shape index (κ1) is 8.12. The second kappa shape index (κ2) is 3.10. The first-order valence-corrected chi connectivity index (χ1v) is 4.55. The maximum atomic E-state index is 11.0. The van der Waals surface area contributed by atoms with Gasteiger partial charge < -0.3 is 4.98 Å². The molecule has 0 aliphatic carbocycles. The van der Waals surface area contributed by atoms with E-state index in [4.69, 9.17) is 0 Å². The van der Waals surface area contributed by atoms with E-state index in [2.05, 4.69) is 15.0 Å². The van der Waals surface area contributed by atoms with Crippen LogP contribution in [0.15, 0.2) is 23.3 Å². The summed E-state index contributed by atoms with van der Waals surface area (Å²) >= 11 is 1.51. The number of aryl methyl sites for hydroxylation is 1. The second-order valence-electron chi connectivity index (χ2n) is 2.56. The van der Waals surface area contributed by atoms with Crippen LogP contribution in [-0.2, 0) is 0 Å². The van der Waals surface area contributed by atoms with Crippen LogP contribution >= 0.6 is 11.3 Å². The summed E-state index contributed by atoms with van der Waals surface area (Å²) < 4.78 is 0. The van der Waals surface area contributed by atoms with E-state index in [1.807, 2.05) is 6.92 Å². The minimum absolute atomic E-state index is 0.155. The highest BCUT2D eigenvalue weighted by atomic mass is 32.1. The largest absolute Gasteiger partial charge is 0.305 e. The minimum Gasteiger partial charge on any atom is -0.305 e. The lowest BCUT2D eigenvalue weighted by Crippen LogP contribution is -2.05. The fraction of sp³-hybridized carbons (Fsp3) is 0.125. The van der Waals surface area contributed by atoms with E-state index in [-0.39, 0.29) is 5.56 Å². The molecule has 4 nitrogen and oxygen atoms in total. The molecule has 0 unspecified atom stereocenters. The van der Waals surface area contributed by atoms with Crippen molar-refractivity contribution in [2.75, 3.05) is 0 Å². The van der Waals surface area contributed by atoms with Gasteiger partial charge in [0.2, 0.25) is 0 Å². The molecule has 2 rings (SSSR count). The molecule has 0 spiro atoms. The van der Waals surface area contributed by atoms with E-state index in [9.17, 15) is 4.79 Å². The van der Waals surface area contributed by atoms with Gasteiger partial charge in [0, 0.05) is 23.3 Å². The fourth-order valence-electron chi connectivity index (χ4n) is 0.943. The van der Waals surface area contributed by atoms with E-state index in [1.54, 1.807) is 6.20 Å². The summed E-state index contributed by atoms with van der Waals surface area (Å²) in [5.41, 5.74) is -0.155. The van der Waals surface area contributed by atoms with Gasteiger partial charge in [-0.3, -0.25) is 4.79 Å².